The van der Waals surface area contributed by atoms with Crippen LogP contribution in [-0.4, -0.2) is 123 Å². The van der Waals surface area contributed by atoms with Crippen LogP contribution < -0.4 is 52.7 Å². The van der Waals surface area contributed by atoms with Crippen LogP contribution in [0, 0.1) is 6.92 Å². The summed E-state index contributed by atoms with van der Waals surface area (Å²) in [5.74, 6) is -0.546. The molecule has 144 heavy (non-hydrogen) atoms. The van der Waals surface area contributed by atoms with Gasteiger partial charge in [-0.1, -0.05) is 200 Å². The molecule has 0 aliphatic rings. The van der Waals surface area contributed by atoms with E-state index in [1.54, 1.807) is 97.1 Å². The first kappa shape index (κ1) is 117. The van der Waals surface area contributed by atoms with E-state index < -0.39 is 86.3 Å². The first-order valence-corrected chi connectivity index (χ1v) is 48.9. The van der Waals surface area contributed by atoms with Crippen LogP contribution >= 0.6 is 12.0 Å². The number of aromatic nitrogens is 1. The average molecular weight is 2090 g/mol. The molecule has 13 aromatic carbocycles. The van der Waals surface area contributed by atoms with E-state index in [1.165, 1.54) is 99.1 Å². The molecule has 3 N–H and O–H groups in total. The Kier molecular flexibility index (Phi) is 47.4. The number of sulfone groups is 2. The molecule has 1 aromatic heterocycles. The van der Waals surface area contributed by atoms with Crippen molar-refractivity contribution in [3.8, 4) is 46.0 Å². The number of hydrogen-bond donors (Lipinski definition) is 3. The second kappa shape index (κ2) is 58.4. The molecule has 14 rings (SSSR count). The van der Waals surface area contributed by atoms with Crippen molar-refractivity contribution in [1.29, 1.82) is 0 Å². The van der Waals surface area contributed by atoms with Crippen molar-refractivity contribution in [2.45, 2.75) is 107 Å². The van der Waals surface area contributed by atoms with Gasteiger partial charge in [0, 0.05) is 35.5 Å². The number of halogens is 6. The van der Waals surface area contributed by atoms with Crippen molar-refractivity contribution in [3.05, 3.63) is 407 Å². The number of ether oxygens (including phenoxy) is 7. The van der Waals surface area contributed by atoms with E-state index in [0.29, 0.717) is 42.4 Å². The van der Waals surface area contributed by atoms with Gasteiger partial charge in [-0.3, -0.25) is 24.0 Å². The monoisotopic (exact) mass is 2090 g/mol. The Bertz CT molecular complexity index is 6900. The molecular weight excluding hydrogens is 2000 g/mol. The Labute approximate surface area is 853 Å². The van der Waals surface area contributed by atoms with Gasteiger partial charge in [0.1, 0.15) is 66.7 Å². The Morgan fingerprint density at radius 1 is 0.361 bits per heavy atom. The third kappa shape index (κ3) is 40.3. The molecule has 752 valence electrons. The van der Waals surface area contributed by atoms with Crippen LogP contribution in [0.3, 0.4) is 0 Å². The first-order valence-electron chi connectivity index (χ1n) is 42.3. The van der Waals surface area contributed by atoms with Gasteiger partial charge in [0.2, 0.25) is 25.6 Å². The molecule has 29 nitrogen and oxygen atoms in total. The van der Waals surface area contributed by atoms with Gasteiger partial charge in [0.25, 0.3) is 0 Å². The minimum absolute atomic E-state index is 0. The number of carbonyl (C=O) groups excluding carboxylic acids is 5. The summed E-state index contributed by atoms with van der Waals surface area (Å²) in [4.78, 5) is 62.6. The molecule has 0 saturated heterocycles. The summed E-state index contributed by atoms with van der Waals surface area (Å²) < 4.78 is 220. The number of nitrogens with zero attached hydrogens (tertiary/aromatic N) is 1. The molecule has 0 aliphatic heterocycles. The number of rotatable bonds is 33. The van der Waals surface area contributed by atoms with E-state index in [4.69, 9.17) is 28.5 Å². The van der Waals surface area contributed by atoms with Gasteiger partial charge in [0.15, 0.2) is 0 Å². The van der Waals surface area contributed by atoms with E-state index >= 15 is 0 Å². The Morgan fingerprint density at radius 2 is 0.681 bits per heavy atom. The number of oxazole rings is 1. The predicted octanol–water partition coefficient (Wildman–Crippen LogP) is 15.0. The first-order chi connectivity index (χ1) is 68.2. The number of aliphatic hydroxyl groups excluding tert-OH is 1. The maximum Gasteiger partial charge on any atom is 1.00 e. The van der Waals surface area contributed by atoms with E-state index in [-0.39, 0.29) is 130 Å². The Hall–Kier alpha value is -14.2. The van der Waals surface area contributed by atoms with Crippen LogP contribution in [0.15, 0.2) is 375 Å². The van der Waals surface area contributed by atoms with Crippen molar-refractivity contribution >= 4 is 81.8 Å². The number of alkyl halides is 6. The molecule has 0 spiro atoms. The number of phenolic OH excluding ortho intramolecular Hbond substituents is 2. The fourth-order valence-electron chi connectivity index (χ4n) is 11.9. The van der Waals surface area contributed by atoms with E-state index in [1.807, 2.05) is 146 Å². The average Bonchev–Trinajstić information content (AvgIpc) is 0.964. The van der Waals surface area contributed by atoms with Crippen molar-refractivity contribution in [2.75, 3.05) is 27.9 Å². The zero-order valence-corrected chi connectivity index (χ0v) is 83.6. The Morgan fingerprint density at radius 3 is 1.03 bits per heavy atom. The topological polar surface area (TPSA) is 424 Å². The predicted molar refractivity (Wildman–Crippen MR) is 510 cm³/mol. The van der Waals surface area contributed by atoms with E-state index in [9.17, 15) is 99.5 Å². The summed E-state index contributed by atoms with van der Waals surface area (Å²) >= 11 is 0.787. The van der Waals surface area contributed by atoms with Crippen LogP contribution in [0.25, 0.3) is 11.5 Å². The van der Waals surface area contributed by atoms with Gasteiger partial charge in [-0.2, -0.15) is 43.2 Å². The zero-order chi connectivity index (χ0) is 104. The number of esters is 5. The maximum atomic E-state index is 12.9. The molecule has 0 aliphatic carbocycles. The minimum atomic E-state index is -5.76. The second-order valence-electron chi connectivity index (χ2n) is 29.6. The van der Waals surface area contributed by atoms with Crippen LogP contribution in [0.4, 0.5) is 26.3 Å². The minimum Gasteiger partial charge on any atom is -0.710 e. The molecule has 0 amide bonds. The number of aryl methyl sites for hydroxylation is 1. The van der Waals surface area contributed by atoms with Gasteiger partial charge in [-0.15, -0.1) is 0 Å². The van der Waals surface area contributed by atoms with E-state index in [0.717, 1.165) is 98.9 Å². The number of benzene rings is 13. The van der Waals surface area contributed by atoms with Gasteiger partial charge in [0.05, 0.1) is 78.7 Å². The normalized spacial score (nSPS) is 10.9. The van der Waals surface area contributed by atoms with Crippen molar-refractivity contribution in [1.82, 2.24) is 4.98 Å². The summed E-state index contributed by atoms with van der Waals surface area (Å²) in [6.07, 6.45) is 0.292. The second-order valence-corrected chi connectivity index (χ2v) is 37.4. The van der Waals surface area contributed by atoms with Gasteiger partial charge in [-0.05, 0) is 203 Å². The van der Waals surface area contributed by atoms with Crippen LogP contribution in [0.5, 0.6) is 34.5 Å². The molecular formula is C103H94F6NNaO28S5. The number of methoxy groups -OCH3 is 3. The quantitative estimate of drug-likeness (QED) is 0.00396. The summed E-state index contributed by atoms with van der Waals surface area (Å²) in [7, 11) is -15.1. The summed E-state index contributed by atoms with van der Waals surface area (Å²) in [5, 5.41) is 37.3. The smallest absolute Gasteiger partial charge is 0.710 e. The van der Waals surface area contributed by atoms with Crippen LogP contribution in [0.1, 0.15) is 61.5 Å². The van der Waals surface area contributed by atoms with Crippen molar-refractivity contribution < 1.29 is 184 Å². The number of phenols is 2. The standard InChI is InChI=1S/C22H20O5S.C16H13F3O5S.C15H14O5S.C15H14O3.C13H12O3S.C12H13NO2.C10H9F3O5S.Na/c1-26-22(23)15-18-8-5-9-21(14-18)28(24,25)20-12-10-19(11-13-20)27-16-17-6-3-2-4-7-17;17-16(18,19)25(21,22)24-14-8-4-7-13(9-14)10-15(20)23-11-12-5-2-1-3-6-12;1-20-15(17)10-11-3-2-4-14(9-11)21(18,19)13-7-5-12(16)6-8-13;16-14-8-4-7-13(9-14)10-15(17)18-11-12-5-2-1-3-6-12;14-16-17-13-8-6-12(7-9-13)15-10-11-4-2-1-3-5-11;1-9-11(7-8-14)13-12(15-9)10-5-3-2-4-6-10;1-17-9(14)6-7-3-2-4-8(5-7)18-19(15,16)10(11,12)13;/h2-14H,15-16H2,1H3;1-9H,10-11H2;2-9,16H,10H2,1H3;1-9,16H,10-11H2;1-9,14H,10H2;2-6,14H,7-8H2,1H3;2-5H,6H2,1H3;/q;;;;;;;+1/p-1. The van der Waals surface area contributed by atoms with Crippen molar-refractivity contribution in [3.63, 3.8) is 0 Å². The maximum absolute atomic E-state index is 12.9. The molecule has 0 radical (unpaired) electrons. The summed E-state index contributed by atoms with van der Waals surface area (Å²) in [5.41, 5.74) is -2.95. The molecule has 0 fully saturated rings. The number of aromatic hydroxyl groups is 2. The third-order valence-electron chi connectivity index (χ3n) is 19.0. The molecule has 0 unspecified atom stereocenters. The van der Waals surface area contributed by atoms with Crippen LogP contribution in [-0.2, 0) is 157 Å². The SMILES string of the molecule is COC(=O)Cc1cccc(OS(=O)(=O)C(F)(F)F)c1.COC(=O)Cc1cccc(S(=O)(=O)c2ccc(O)cc2)c1.COC(=O)Cc1cccc(S(=O)(=O)c2ccc(OCc3ccccc3)cc2)c1.Cc1oc(-c2ccccc2)nc1CCO.O=C(Cc1cccc(O)c1)OCc1ccccc1.O=C(Cc1cccc(OS(=O)(=O)C(F)(F)F)c1)OCc1ccccc1.[Na+].[O-]OSc1ccc(OCc2ccccc2)cc1. The number of aliphatic hydroxyl groups is 1. The van der Waals surface area contributed by atoms with Gasteiger partial charge >= 0.3 is 90.7 Å². The molecule has 41 heteroatoms. The summed E-state index contributed by atoms with van der Waals surface area (Å²) in [6, 6.07) is 95.2. The largest absolute Gasteiger partial charge is 1.00 e. The van der Waals surface area contributed by atoms with Gasteiger partial charge < -0.3 is 70.9 Å². The summed E-state index contributed by atoms with van der Waals surface area (Å²) in [6.45, 7) is 3.23. The van der Waals surface area contributed by atoms with Crippen molar-refractivity contribution in [2.24, 2.45) is 0 Å². The molecule has 1 heterocycles. The number of carbonyl (C=O) groups is 5. The van der Waals surface area contributed by atoms with Gasteiger partial charge in [-0.25, -0.2) is 21.8 Å². The Balaban J connectivity index is 0.000000230. The molecule has 0 saturated carbocycles. The third-order valence-corrected chi connectivity index (χ3v) is 25.0. The molecule has 0 atom stereocenters. The van der Waals surface area contributed by atoms with E-state index in [2.05, 4.69) is 31.9 Å². The molecule has 0 bridgehead atoms. The van der Waals surface area contributed by atoms with Crippen LogP contribution in [0.2, 0.25) is 0 Å². The number of hydrogen-bond acceptors (Lipinski definition) is 30. The zero-order valence-electron chi connectivity index (χ0n) is 77.5. The molecule has 14 aromatic rings. The fourth-order valence-corrected chi connectivity index (χ4v) is 15.8. The fraction of sp³-hybridized carbons (Fsp3) is 0.165.